The molecule has 1 amide bonds. The van der Waals surface area contributed by atoms with Crippen molar-refractivity contribution >= 4 is 28.4 Å². The molecule has 0 saturated carbocycles. The number of nitrogens with zero attached hydrogens (tertiary/aromatic N) is 2. The van der Waals surface area contributed by atoms with E-state index in [0.29, 0.717) is 22.2 Å². The van der Waals surface area contributed by atoms with E-state index in [4.69, 9.17) is 14.9 Å². The van der Waals surface area contributed by atoms with Gasteiger partial charge in [-0.2, -0.15) is 0 Å². The van der Waals surface area contributed by atoms with Gasteiger partial charge in [-0.05, 0) is 24.3 Å². The van der Waals surface area contributed by atoms with Crippen LogP contribution in [0.15, 0.2) is 65.2 Å². The summed E-state index contributed by atoms with van der Waals surface area (Å²) in [6.07, 6.45) is 1.37. The van der Waals surface area contributed by atoms with Gasteiger partial charge < -0.3 is 14.9 Å². The highest BCUT2D eigenvalue weighted by Crippen LogP contribution is 2.34. The summed E-state index contributed by atoms with van der Waals surface area (Å²) >= 11 is 0. The van der Waals surface area contributed by atoms with Crippen LogP contribution in [-0.4, -0.2) is 28.4 Å². The molecule has 9 heteroatoms. The van der Waals surface area contributed by atoms with Crippen LogP contribution >= 0.6 is 0 Å². The van der Waals surface area contributed by atoms with Crippen LogP contribution in [0, 0.1) is 10.1 Å². The third kappa shape index (κ3) is 3.08. The van der Waals surface area contributed by atoms with Crippen molar-refractivity contribution in [2.24, 2.45) is 5.73 Å². The number of hydrogen-bond acceptors (Lipinski definition) is 6. The lowest BCUT2D eigenvalue weighted by atomic mass is 10.1. The minimum Gasteiger partial charge on any atom is -0.496 e. The quantitative estimate of drug-likeness (QED) is 0.399. The van der Waals surface area contributed by atoms with Crippen LogP contribution in [0.25, 0.3) is 22.2 Å². The number of rotatable bonds is 5. The van der Waals surface area contributed by atoms with Gasteiger partial charge in [0, 0.05) is 23.7 Å². The number of non-ortho nitro benzene ring substituents is 1. The molecule has 9 nitrogen and oxygen atoms in total. The highest BCUT2D eigenvalue weighted by atomic mass is 16.6. The zero-order chi connectivity index (χ0) is 21.4. The first-order chi connectivity index (χ1) is 14.4. The van der Waals surface area contributed by atoms with Gasteiger partial charge in [0.25, 0.3) is 17.5 Å². The number of hydrogen-bond donors (Lipinski definition) is 1. The fourth-order valence-corrected chi connectivity index (χ4v) is 3.26. The molecule has 0 aliphatic heterocycles. The van der Waals surface area contributed by atoms with Crippen LogP contribution in [-0.2, 0) is 0 Å². The molecule has 4 rings (SSSR count). The lowest BCUT2D eigenvalue weighted by molar-refractivity contribution is -0.384. The van der Waals surface area contributed by atoms with Gasteiger partial charge in [-0.25, -0.2) is 0 Å². The zero-order valence-electron chi connectivity index (χ0n) is 15.7. The van der Waals surface area contributed by atoms with Gasteiger partial charge in [0.05, 0.1) is 28.7 Å². The first-order valence-electron chi connectivity index (χ1n) is 8.78. The molecule has 0 bridgehead atoms. The van der Waals surface area contributed by atoms with Crippen LogP contribution in [0.4, 0.5) is 5.69 Å². The standard InChI is InChI=1S/C21H15N3O6/c1-29-17-7-6-12(24(27)28)10-14(17)18-8-9-19(30-18)21(26)23-11-15(20(22)25)13-4-2-3-5-16(13)23/h2-11H,1H3,(H2,22,25). The van der Waals surface area contributed by atoms with Crippen LogP contribution in [0.2, 0.25) is 0 Å². The third-order valence-corrected chi connectivity index (χ3v) is 4.67. The molecule has 0 unspecified atom stereocenters. The number of carbonyl (C=O) groups excluding carboxylic acids is 2. The van der Waals surface area contributed by atoms with E-state index in [1.807, 2.05) is 0 Å². The van der Waals surface area contributed by atoms with E-state index in [2.05, 4.69) is 0 Å². The second-order valence-electron chi connectivity index (χ2n) is 6.40. The smallest absolute Gasteiger partial charge is 0.298 e. The van der Waals surface area contributed by atoms with Gasteiger partial charge in [-0.1, -0.05) is 18.2 Å². The Bertz CT molecular complexity index is 1320. The van der Waals surface area contributed by atoms with Crippen molar-refractivity contribution in [3.05, 3.63) is 82.2 Å². The Balaban J connectivity index is 1.78. The fraction of sp³-hybridized carbons (Fsp3) is 0.0476. The molecular formula is C21H15N3O6. The molecule has 2 N–H and O–H groups in total. The summed E-state index contributed by atoms with van der Waals surface area (Å²) < 4.78 is 12.2. The Hall–Kier alpha value is -4.40. The Labute approximate surface area is 169 Å². The molecule has 0 aliphatic carbocycles. The molecule has 2 aromatic heterocycles. The minimum atomic E-state index is -0.654. The second-order valence-corrected chi connectivity index (χ2v) is 6.40. The van der Waals surface area contributed by atoms with Gasteiger partial charge >= 0.3 is 0 Å². The lowest BCUT2D eigenvalue weighted by Gasteiger charge is -2.06. The molecule has 0 fully saturated rings. The Morgan fingerprint density at radius 2 is 1.90 bits per heavy atom. The highest BCUT2D eigenvalue weighted by Gasteiger charge is 2.22. The number of methoxy groups -OCH3 is 1. The maximum absolute atomic E-state index is 13.0. The Morgan fingerprint density at radius 1 is 1.13 bits per heavy atom. The van der Waals surface area contributed by atoms with Crippen LogP contribution < -0.4 is 10.5 Å². The second kappa shape index (κ2) is 7.21. The third-order valence-electron chi connectivity index (χ3n) is 4.67. The van der Waals surface area contributed by atoms with Crippen LogP contribution in [0.3, 0.4) is 0 Å². The molecular weight excluding hydrogens is 390 g/mol. The van der Waals surface area contributed by atoms with Crippen molar-refractivity contribution in [1.29, 1.82) is 0 Å². The molecule has 2 aromatic carbocycles. The summed E-state index contributed by atoms with van der Waals surface area (Å²) in [6.45, 7) is 0. The molecule has 30 heavy (non-hydrogen) atoms. The number of amides is 1. The van der Waals surface area contributed by atoms with Gasteiger partial charge in [-0.15, -0.1) is 0 Å². The predicted molar refractivity (Wildman–Crippen MR) is 108 cm³/mol. The number of furan rings is 1. The zero-order valence-corrected chi connectivity index (χ0v) is 15.7. The summed E-state index contributed by atoms with van der Waals surface area (Å²) in [7, 11) is 1.43. The maximum atomic E-state index is 13.0. The number of primary amides is 1. The normalized spacial score (nSPS) is 10.8. The van der Waals surface area contributed by atoms with E-state index in [9.17, 15) is 19.7 Å². The summed E-state index contributed by atoms with van der Waals surface area (Å²) in [5.41, 5.74) is 6.34. The van der Waals surface area contributed by atoms with Crippen molar-refractivity contribution < 1.29 is 23.7 Å². The van der Waals surface area contributed by atoms with Crippen molar-refractivity contribution in [2.45, 2.75) is 0 Å². The lowest BCUT2D eigenvalue weighted by Crippen LogP contribution is -2.12. The summed E-state index contributed by atoms with van der Waals surface area (Å²) in [5, 5.41) is 11.7. The monoisotopic (exact) mass is 405 g/mol. The number of fused-ring (bicyclic) bond motifs is 1. The average Bonchev–Trinajstić information content (AvgIpc) is 3.38. The molecule has 0 saturated heterocycles. The van der Waals surface area contributed by atoms with Gasteiger partial charge in [-0.3, -0.25) is 24.3 Å². The number of ether oxygens (including phenoxy) is 1. The Kier molecular flexibility index (Phi) is 4.55. The highest BCUT2D eigenvalue weighted by molar-refractivity contribution is 6.10. The summed E-state index contributed by atoms with van der Waals surface area (Å²) in [5.74, 6) is -0.606. The van der Waals surface area contributed by atoms with E-state index in [1.165, 1.54) is 48.2 Å². The largest absolute Gasteiger partial charge is 0.496 e. The molecule has 0 radical (unpaired) electrons. The number of nitro groups is 1. The average molecular weight is 405 g/mol. The fourth-order valence-electron chi connectivity index (χ4n) is 3.26. The van der Waals surface area contributed by atoms with Crippen LogP contribution in [0.5, 0.6) is 5.75 Å². The van der Waals surface area contributed by atoms with Crippen LogP contribution in [0.1, 0.15) is 20.9 Å². The number of benzene rings is 2. The molecule has 0 aliphatic rings. The summed E-state index contributed by atoms with van der Waals surface area (Å²) in [6, 6.07) is 13.9. The first-order valence-corrected chi connectivity index (χ1v) is 8.78. The van der Waals surface area contributed by atoms with E-state index in [-0.39, 0.29) is 22.8 Å². The summed E-state index contributed by atoms with van der Waals surface area (Å²) in [4.78, 5) is 35.4. The Morgan fingerprint density at radius 3 is 2.60 bits per heavy atom. The van der Waals surface area contributed by atoms with Gasteiger partial charge in [0.2, 0.25) is 0 Å². The van der Waals surface area contributed by atoms with Gasteiger partial charge in [0.1, 0.15) is 11.5 Å². The topological polar surface area (TPSA) is 131 Å². The molecule has 2 heterocycles. The van der Waals surface area contributed by atoms with E-state index in [1.54, 1.807) is 24.3 Å². The van der Waals surface area contributed by atoms with Crippen molar-refractivity contribution in [2.75, 3.05) is 7.11 Å². The number of nitrogens with two attached hydrogens (primary N) is 1. The minimum absolute atomic E-state index is 0.0182. The number of aromatic nitrogens is 1. The van der Waals surface area contributed by atoms with E-state index < -0.39 is 16.7 Å². The van der Waals surface area contributed by atoms with E-state index >= 15 is 0 Å². The maximum Gasteiger partial charge on any atom is 0.298 e. The van der Waals surface area contributed by atoms with Crippen molar-refractivity contribution in [1.82, 2.24) is 4.57 Å². The SMILES string of the molecule is COc1ccc([N+](=O)[O-])cc1-c1ccc(C(=O)n2cc(C(N)=O)c3ccccc32)o1. The molecule has 0 atom stereocenters. The molecule has 150 valence electrons. The number of para-hydroxylation sites is 1. The molecule has 0 spiro atoms. The first kappa shape index (κ1) is 18.9. The number of nitro benzene ring substituents is 1. The predicted octanol–water partition coefficient (Wildman–Crippen LogP) is 3.61. The van der Waals surface area contributed by atoms with Gasteiger partial charge in [0.15, 0.2) is 5.76 Å². The molecule has 4 aromatic rings. The number of carbonyl (C=O) groups is 2. The van der Waals surface area contributed by atoms with Crippen molar-refractivity contribution in [3.8, 4) is 17.1 Å². The van der Waals surface area contributed by atoms with E-state index in [0.717, 1.165) is 0 Å². The van der Waals surface area contributed by atoms with Crippen molar-refractivity contribution in [3.63, 3.8) is 0 Å².